The number of urea groups is 1. The zero-order valence-electron chi connectivity index (χ0n) is 10.1. The first-order valence-corrected chi connectivity index (χ1v) is 5.53. The van der Waals surface area contributed by atoms with Crippen LogP contribution in [0.1, 0.15) is 19.8 Å². The summed E-state index contributed by atoms with van der Waals surface area (Å²) in [4.78, 5) is 34.1. The Hall–Kier alpha value is -1.83. The number of nitrogens with one attached hydrogen (secondary N) is 1. The molecule has 0 heterocycles. The number of nitrogens with zero attached hydrogens (tertiary/aromatic N) is 1. The molecule has 0 aromatic heterocycles. The van der Waals surface area contributed by atoms with Crippen molar-refractivity contribution in [3.8, 4) is 0 Å². The molecular weight excluding hydrogens is 244 g/mol. The summed E-state index contributed by atoms with van der Waals surface area (Å²) >= 11 is 0. The van der Waals surface area contributed by atoms with Crippen LogP contribution in [0.5, 0.6) is 0 Å². The van der Waals surface area contributed by atoms with Gasteiger partial charge in [-0.2, -0.15) is 0 Å². The van der Waals surface area contributed by atoms with Crippen molar-refractivity contribution in [1.82, 2.24) is 10.2 Å². The Kier molecular flexibility index (Phi) is 7.45. The van der Waals surface area contributed by atoms with E-state index >= 15 is 0 Å². The Morgan fingerprint density at radius 1 is 1.22 bits per heavy atom. The van der Waals surface area contributed by atoms with Crippen LogP contribution in [-0.4, -0.2) is 63.9 Å². The van der Waals surface area contributed by atoms with Crippen LogP contribution < -0.4 is 5.32 Å². The number of carboxylic acid groups (broad SMARTS) is 2. The van der Waals surface area contributed by atoms with Crippen molar-refractivity contribution in [2.45, 2.75) is 25.8 Å². The molecule has 4 N–H and O–H groups in total. The maximum absolute atomic E-state index is 11.7. The van der Waals surface area contributed by atoms with E-state index in [4.69, 9.17) is 15.3 Å². The summed E-state index contributed by atoms with van der Waals surface area (Å²) < 4.78 is 0. The van der Waals surface area contributed by atoms with Gasteiger partial charge in [0.1, 0.15) is 6.04 Å². The second-order valence-corrected chi connectivity index (χ2v) is 3.65. The molecule has 0 aromatic carbocycles. The van der Waals surface area contributed by atoms with Gasteiger partial charge in [-0.3, -0.25) is 4.79 Å². The molecule has 1 unspecified atom stereocenters. The minimum absolute atomic E-state index is 0.0685. The highest BCUT2D eigenvalue weighted by Gasteiger charge is 2.25. The number of aliphatic hydroxyl groups is 1. The maximum Gasteiger partial charge on any atom is 0.326 e. The van der Waals surface area contributed by atoms with E-state index in [0.717, 1.165) is 0 Å². The fourth-order valence-corrected chi connectivity index (χ4v) is 1.32. The van der Waals surface area contributed by atoms with Crippen molar-refractivity contribution >= 4 is 18.0 Å². The smallest absolute Gasteiger partial charge is 0.326 e. The van der Waals surface area contributed by atoms with Gasteiger partial charge in [0, 0.05) is 13.1 Å². The minimum Gasteiger partial charge on any atom is -0.481 e. The first kappa shape index (κ1) is 16.2. The van der Waals surface area contributed by atoms with E-state index < -0.39 is 30.4 Å². The summed E-state index contributed by atoms with van der Waals surface area (Å²) in [5, 5.41) is 28.2. The lowest BCUT2D eigenvalue weighted by Crippen LogP contribution is -2.49. The highest BCUT2D eigenvalue weighted by molar-refractivity contribution is 5.86. The monoisotopic (exact) mass is 262 g/mol. The molecular formula is C10H18N2O6. The number of hydrogen-bond acceptors (Lipinski definition) is 4. The molecule has 0 bridgehead atoms. The van der Waals surface area contributed by atoms with Crippen LogP contribution in [-0.2, 0) is 9.59 Å². The fraction of sp³-hybridized carbons (Fsp3) is 0.700. The van der Waals surface area contributed by atoms with Gasteiger partial charge in [-0.25, -0.2) is 9.59 Å². The molecule has 8 heteroatoms. The van der Waals surface area contributed by atoms with Gasteiger partial charge in [0.2, 0.25) is 0 Å². The standard InChI is InChI=1S/C10H18N2O6/c1-2-3-12(4-5-13)10(18)11-7(9(16)17)6-8(14)15/h7,13H,2-6H2,1H3,(H,11,18)(H,14,15)(H,16,17). The first-order chi connectivity index (χ1) is 8.42. The van der Waals surface area contributed by atoms with Gasteiger partial charge < -0.3 is 25.5 Å². The lowest BCUT2D eigenvalue weighted by Gasteiger charge is -2.23. The average molecular weight is 262 g/mol. The van der Waals surface area contributed by atoms with E-state index in [2.05, 4.69) is 5.32 Å². The molecule has 104 valence electrons. The highest BCUT2D eigenvalue weighted by Crippen LogP contribution is 1.98. The van der Waals surface area contributed by atoms with Gasteiger partial charge in [0.15, 0.2) is 0 Å². The van der Waals surface area contributed by atoms with Gasteiger partial charge in [-0.1, -0.05) is 6.92 Å². The maximum atomic E-state index is 11.7. The van der Waals surface area contributed by atoms with Gasteiger partial charge in [0.05, 0.1) is 13.0 Å². The molecule has 0 aromatic rings. The molecule has 18 heavy (non-hydrogen) atoms. The lowest BCUT2D eigenvalue weighted by molar-refractivity contribution is -0.145. The Morgan fingerprint density at radius 2 is 1.83 bits per heavy atom. The van der Waals surface area contributed by atoms with E-state index in [1.165, 1.54) is 4.90 Å². The predicted octanol–water partition coefficient (Wildman–Crippen LogP) is -0.672. The zero-order chi connectivity index (χ0) is 14.1. The van der Waals surface area contributed by atoms with E-state index in [1.54, 1.807) is 0 Å². The summed E-state index contributed by atoms with van der Waals surface area (Å²) in [5.41, 5.74) is 0. The summed E-state index contributed by atoms with van der Waals surface area (Å²) in [5.74, 6) is -2.72. The fourth-order valence-electron chi connectivity index (χ4n) is 1.32. The topological polar surface area (TPSA) is 127 Å². The molecule has 1 atom stereocenters. The van der Waals surface area contributed by atoms with Crippen LogP contribution in [0.3, 0.4) is 0 Å². The second kappa shape index (κ2) is 8.29. The number of rotatable bonds is 8. The first-order valence-electron chi connectivity index (χ1n) is 5.53. The van der Waals surface area contributed by atoms with E-state index in [0.29, 0.717) is 13.0 Å². The van der Waals surface area contributed by atoms with E-state index in [9.17, 15) is 14.4 Å². The largest absolute Gasteiger partial charge is 0.481 e. The Morgan fingerprint density at radius 3 is 2.22 bits per heavy atom. The van der Waals surface area contributed by atoms with Crippen molar-refractivity contribution in [2.24, 2.45) is 0 Å². The van der Waals surface area contributed by atoms with Crippen molar-refractivity contribution in [3.63, 3.8) is 0 Å². The normalized spacial score (nSPS) is 11.7. The van der Waals surface area contributed by atoms with Crippen molar-refractivity contribution in [2.75, 3.05) is 19.7 Å². The number of aliphatic hydroxyl groups excluding tert-OH is 1. The minimum atomic E-state index is -1.48. The molecule has 0 radical (unpaired) electrons. The molecule has 0 fully saturated rings. The van der Waals surface area contributed by atoms with Gasteiger partial charge in [0.25, 0.3) is 0 Å². The van der Waals surface area contributed by atoms with Crippen LogP contribution in [0.4, 0.5) is 4.79 Å². The average Bonchev–Trinajstić information content (AvgIpc) is 2.27. The van der Waals surface area contributed by atoms with E-state index in [1.807, 2.05) is 6.92 Å². The quantitative estimate of drug-likeness (QED) is 0.459. The molecule has 8 nitrogen and oxygen atoms in total. The van der Waals surface area contributed by atoms with Crippen LogP contribution in [0.2, 0.25) is 0 Å². The number of aliphatic carboxylic acids is 2. The molecule has 0 spiro atoms. The van der Waals surface area contributed by atoms with Crippen LogP contribution in [0, 0.1) is 0 Å². The summed E-state index contributed by atoms with van der Waals surface area (Å²) in [6, 6.07) is -2.17. The summed E-state index contributed by atoms with van der Waals surface area (Å²) in [6.45, 7) is 2.00. The number of hydrogen-bond donors (Lipinski definition) is 4. The number of carbonyl (C=O) groups is 3. The molecule has 0 rings (SSSR count). The molecule has 0 saturated carbocycles. The number of amides is 2. The van der Waals surface area contributed by atoms with Crippen LogP contribution >= 0.6 is 0 Å². The van der Waals surface area contributed by atoms with Crippen LogP contribution in [0.15, 0.2) is 0 Å². The third-order valence-electron chi connectivity index (χ3n) is 2.13. The lowest BCUT2D eigenvalue weighted by atomic mass is 10.2. The molecule has 0 aliphatic rings. The molecule has 0 saturated heterocycles. The summed E-state index contributed by atoms with van der Waals surface area (Å²) in [7, 11) is 0. The second-order valence-electron chi connectivity index (χ2n) is 3.65. The molecule has 0 aliphatic heterocycles. The Bertz CT molecular complexity index is 301. The third-order valence-corrected chi connectivity index (χ3v) is 2.13. The van der Waals surface area contributed by atoms with E-state index in [-0.39, 0.29) is 13.2 Å². The SMILES string of the molecule is CCCN(CCO)C(=O)NC(CC(=O)O)C(=O)O. The van der Waals surface area contributed by atoms with Gasteiger partial charge >= 0.3 is 18.0 Å². The Labute approximate surface area is 104 Å². The third kappa shape index (κ3) is 6.04. The molecule has 0 aliphatic carbocycles. The van der Waals surface area contributed by atoms with Crippen molar-refractivity contribution in [3.05, 3.63) is 0 Å². The van der Waals surface area contributed by atoms with Crippen LogP contribution in [0.25, 0.3) is 0 Å². The summed E-state index contributed by atoms with van der Waals surface area (Å²) in [6.07, 6.45) is -0.0513. The predicted molar refractivity (Wildman–Crippen MR) is 61.2 cm³/mol. The number of carboxylic acids is 2. The van der Waals surface area contributed by atoms with Crippen molar-refractivity contribution in [1.29, 1.82) is 0 Å². The Balaban J connectivity index is 4.54. The van der Waals surface area contributed by atoms with Crippen molar-refractivity contribution < 1.29 is 29.7 Å². The number of carbonyl (C=O) groups excluding carboxylic acids is 1. The highest BCUT2D eigenvalue weighted by atomic mass is 16.4. The molecule has 2 amide bonds. The van der Waals surface area contributed by atoms with Gasteiger partial charge in [-0.05, 0) is 6.42 Å². The van der Waals surface area contributed by atoms with Gasteiger partial charge in [-0.15, -0.1) is 0 Å². The zero-order valence-corrected chi connectivity index (χ0v) is 10.1.